The van der Waals surface area contributed by atoms with Gasteiger partial charge in [-0.05, 0) is 38.5 Å². The molecule has 1 atom stereocenters. The van der Waals surface area contributed by atoms with Gasteiger partial charge in [-0.1, -0.05) is 12.8 Å². The van der Waals surface area contributed by atoms with Gasteiger partial charge in [0.1, 0.15) is 11.6 Å². The van der Waals surface area contributed by atoms with Crippen LogP contribution in [0.25, 0.3) is 0 Å². The van der Waals surface area contributed by atoms with Gasteiger partial charge in [-0.2, -0.15) is 0 Å². The molecule has 0 aromatic heterocycles. The minimum absolute atomic E-state index is 0.137. The van der Waals surface area contributed by atoms with Crippen LogP contribution in [0.4, 0.5) is 4.39 Å². The predicted molar refractivity (Wildman–Crippen MR) is 59.3 cm³/mol. The SMILES string of the molecule is CC#Cc1cc(OC(C)CC)ccc1F. The highest BCUT2D eigenvalue weighted by Crippen LogP contribution is 2.18. The van der Waals surface area contributed by atoms with Crippen LogP contribution in [0, 0.1) is 17.7 Å². The topological polar surface area (TPSA) is 9.23 Å². The number of hydrogen-bond acceptors (Lipinski definition) is 1. The van der Waals surface area contributed by atoms with Gasteiger partial charge in [0.2, 0.25) is 0 Å². The van der Waals surface area contributed by atoms with Crippen molar-refractivity contribution >= 4 is 0 Å². The second-order valence-corrected chi connectivity index (χ2v) is 3.35. The van der Waals surface area contributed by atoms with E-state index in [0.29, 0.717) is 11.3 Å². The van der Waals surface area contributed by atoms with E-state index < -0.39 is 0 Å². The molecule has 1 nitrogen and oxygen atoms in total. The van der Waals surface area contributed by atoms with Crippen molar-refractivity contribution in [2.24, 2.45) is 0 Å². The molecule has 0 saturated carbocycles. The molecule has 1 unspecified atom stereocenters. The zero-order valence-corrected chi connectivity index (χ0v) is 9.30. The summed E-state index contributed by atoms with van der Waals surface area (Å²) in [7, 11) is 0. The number of benzene rings is 1. The molecule has 80 valence electrons. The maximum atomic E-state index is 13.2. The van der Waals surface area contributed by atoms with Crippen LogP contribution in [0.1, 0.15) is 32.8 Å². The van der Waals surface area contributed by atoms with Crippen LogP contribution < -0.4 is 4.74 Å². The summed E-state index contributed by atoms with van der Waals surface area (Å²) in [5.74, 6) is 5.74. The fraction of sp³-hybridized carbons (Fsp3) is 0.385. The molecule has 0 spiro atoms. The smallest absolute Gasteiger partial charge is 0.139 e. The summed E-state index contributed by atoms with van der Waals surface area (Å²) in [6.45, 7) is 5.71. The molecule has 0 saturated heterocycles. The zero-order valence-electron chi connectivity index (χ0n) is 9.30. The lowest BCUT2D eigenvalue weighted by atomic mass is 10.2. The Hall–Kier alpha value is -1.49. The number of hydrogen-bond donors (Lipinski definition) is 0. The Balaban J connectivity index is 2.90. The third kappa shape index (κ3) is 3.28. The van der Waals surface area contributed by atoms with Gasteiger partial charge in [-0.15, -0.1) is 5.92 Å². The normalized spacial score (nSPS) is 11.5. The fourth-order valence-corrected chi connectivity index (χ4v) is 1.12. The molecule has 0 radical (unpaired) electrons. The van der Waals surface area contributed by atoms with Gasteiger partial charge in [0, 0.05) is 0 Å². The summed E-state index contributed by atoms with van der Waals surface area (Å²) < 4.78 is 18.8. The standard InChI is InChI=1S/C13H15FO/c1-4-6-11-9-12(7-8-13(11)14)15-10(3)5-2/h7-10H,5H2,1-3H3. The Bertz CT molecular complexity index is 387. The molecule has 2 heteroatoms. The molecule has 1 aromatic carbocycles. The van der Waals surface area contributed by atoms with Crippen LogP contribution >= 0.6 is 0 Å². The second-order valence-electron chi connectivity index (χ2n) is 3.35. The highest BCUT2D eigenvalue weighted by Gasteiger charge is 2.04. The second kappa shape index (κ2) is 5.41. The van der Waals surface area contributed by atoms with Gasteiger partial charge < -0.3 is 4.74 Å². The average molecular weight is 206 g/mol. The summed E-state index contributed by atoms with van der Waals surface area (Å²) in [5, 5.41) is 0. The Morgan fingerprint density at radius 3 is 2.80 bits per heavy atom. The molecule has 0 aliphatic carbocycles. The highest BCUT2D eigenvalue weighted by atomic mass is 19.1. The lowest BCUT2D eigenvalue weighted by Gasteiger charge is -2.12. The van der Waals surface area contributed by atoms with Crippen molar-refractivity contribution in [1.29, 1.82) is 0 Å². The first kappa shape index (κ1) is 11.6. The van der Waals surface area contributed by atoms with Gasteiger partial charge in [-0.3, -0.25) is 0 Å². The number of ether oxygens (including phenoxy) is 1. The molecular weight excluding hydrogens is 191 g/mol. The van der Waals surface area contributed by atoms with Crippen molar-refractivity contribution in [2.75, 3.05) is 0 Å². The number of halogens is 1. The van der Waals surface area contributed by atoms with E-state index in [1.165, 1.54) is 6.07 Å². The van der Waals surface area contributed by atoms with Crippen molar-refractivity contribution in [3.8, 4) is 17.6 Å². The minimum atomic E-state index is -0.305. The molecule has 1 aromatic rings. The molecule has 0 fully saturated rings. The first-order chi connectivity index (χ1) is 7.17. The summed E-state index contributed by atoms with van der Waals surface area (Å²) in [6.07, 6.45) is 1.06. The molecular formula is C13H15FO. The molecule has 0 aliphatic rings. The lowest BCUT2D eigenvalue weighted by molar-refractivity contribution is 0.217. The van der Waals surface area contributed by atoms with Crippen LogP contribution in [0.3, 0.4) is 0 Å². The van der Waals surface area contributed by atoms with Crippen LogP contribution in [0.2, 0.25) is 0 Å². The van der Waals surface area contributed by atoms with Crippen LogP contribution in [-0.2, 0) is 0 Å². The van der Waals surface area contributed by atoms with Gasteiger partial charge in [-0.25, -0.2) is 4.39 Å². The Kier molecular flexibility index (Phi) is 4.17. The lowest BCUT2D eigenvalue weighted by Crippen LogP contribution is -2.09. The van der Waals surface area contributed by atoms with E-state index in [2.05, 4.69) is 11.8 Å². The van der Waals surface area contributed by atoms with Crippen LogP contribution in [0.5, 0.6) is 5.75 Å². The average Bonchev–Trinajstić information content (AvgIpc) is 2.23. The monoisotopic (exact) mass is 206 g/mol. The van der Waals surface area contributed by atoms with E-state index in [0.717, 1.165) is 6.42 Å². The first-order valence-corrected chi connectivity index (χ1v) is 5.06. The van der Waals surface area contributed by atoms with E-state index in [9.17, 15) is 4.39 Å². The fourth-order valence-electron chi connectivity index (χ4n) is 1.12. The third-order valence-electron chi connectivity index (χ3n) is 2.11. The molecule has 0 heterocycles. The quantitative estimate of drug-likeness (QED) is 0.689. The summed E-state index contributed by atoms with van der Waals surface area (Å²) in [5.41, 5.74) is 0.387. The maximum Gasteiger partial charge on any atom is 0.139 e. The van der Waals surface area contributed by atoms with Crippen molar-refractivity contribution < 1.29 is 9.13 Å². The molecule has 0 N–H and O–H groups in total. The van der Waals surface area contributed by atoms with Crippen LogP contribution in [-0.4, -0.2) is 6.10 Å². The molecule has 15 heavy (non-hydrogen) atoms. The summed E-state index contributed by atoms with van der Waals surface area (Å²) >= 11 is 0. The largest absolute Gasteiger partial charge is 0.491 e. The van der Waals surface area contributed by atoms with Crippen molar-refractivity contribution in [2.45, 2.75) is 33.3 Å². The Morgan fingerprint density at radius 2 is 2.20 bits per heavy atom. The third-order valence-corrected chi connectivity index (χ3v) is 2.11. The Morgan fingerprint density at radius 1 is 1.47 bits per heavy atom. The predicted octanol–water partition coefficient (Wildman–Crippen LogP) is 3.37. The zero-order chi connectivity index (χ0) is 11.3. The summed E-state index contributed by atoms with van der Waals surface area (Å²) in [6, 6.07) is 4.65. The molecule has 0 bridgehead atoms. The molecule has 0 aliphatic heterocycles. The van der Waals surface area contributed by atoms with E-state index in [-0.39, 0.29) is 11.9 Å². The van der Waals surface area contributed by atoms with Crippen molar-refractivity contribution in [1.82, 2.24) is 0 Å². The first-order valence-electron chi connectivity index (χ1n) is 5.06. The van der Waals surface area contributed by atoms with Gasteiger partial charge in [0.15, 0.2) is 0 Å². The molecule has 1 rings (SSSR count). The van der Waals surface area contributed by atoms with E-state index in [4.69, 9.17) is 4.74 Å². The van der Waals surface area contributed by atoms with E-state index in [1.807, 2.05) is 13.8 Å². The van der Waals surface area contributed by atoms with Gasteiger partial charge in [0.05, 0.1) is 11.7 Å². The number of rotatable bonds is 3. The van der Waals surface area contributed by atoms with E-state index >= 15 is 0 Å². The van der Waals surface area contributed by atoms with Crippen LogP contribution in [0.15, 0.2) is 18.2 Å². The summed E-state index contributed by atoms with van der Waals surface area (Å²) in [4.78, 5) is 0. The minimum Gasteiger partial charge on any atom is -0.491 e. The van der Waals surface area contributed by atoms with Crippen molar-refractivity contribution in [3.05, 3.63) is 29.6 Å². The molecule has 0 amide bonds. The van der Waals surface area contributed by atoms with E-state index in [1.54, 1.807) is 19.1 Å². The highest BCUT2D eigenvalue weighted by molar-refractivity contribution is 5.40. The van der Waals surface area contributed by atoms with Gasteiger partial charge >= 0.3 is 0 Å². The maximum absolute atomic E-state index is 13.2. The Labute approximate surface area is 90.3 Å². The van der Waals surface area contributed by atoms with Gasteiger partial charge in [0.25, 0.3) is 0 Å². The van der Waals surface area contributed by atoms with Crippen molar-refractivity contribution in [3.63, 3.8) is 0 Å².